The highest BCUT2D eigenvalue weighted by Gasteiger charge is 3.09. The highest BCUT2D eigenvalue weighted by molar-refractivity contribution is 8.52. The maximum atomic E-state index is 11.3. The highest BCUT2D eigenvalue weighted by Crippen LogP contribution is 2.86. The van der Waals surface area contributed by atoms with Gasteiger partial charge >= 0.3 is 5.97 Å². The Hall–Kier alpha value is -0.661. The van der Waals surface area contributed by atoms with Crippen LogP contribution in [0.25, 0.3) is 0 Å². The van der Waals surface area contributed by atoms with Gasteiger partial charge in [0.2, 0.25) is 0 Å². The molecule has 9 rings (SSSR count). The Balaban J connectivity index is 1.38. The molecule has 1 aromatic carbocycles. The van der Waals surface area contributed by atoms with Crippen molar-refractivity contribution in [3.05, 3.63) is 35.4 Å². The number of carboxylic acid groups (broad SMARTS) is 1. The first-order valence-corrected chi connectivity index (χ1v) is 8.44. The van der Waals surface area contributed by atoms with Gasteiger partial charge in [-0.2, -0.15) is 5.01 Å². The summed E-state index contributed by atoms with van der Waals surface area (Å²) in [5.41, 5.74) is 1.87. The van der Waals surface area contributed by atoms with Crippen molar-refractivity contribution < 1.29 is 9.90 Å². The summed E-state index contributed by atoms with van der Waals surface area (Å²) in [6.45, 7) is 4.74. The maximum absolute atomic E-state index is 11.3. The van der Waals surface area contributed by atoms with Gasteiger partial charge < -0.3 is 5.11 Å². The molecule has 1 radical (unpaired) electrons. The zero-order chi connectivity index (χ0) is 13.5. The molecular weight excluding hydrogens is 248 g/mol. The molecule has 8 aliphatic rings. The van der Waals surface area contributed by atoms with Crippen LogP contribution in [-0.2, 0) is 5.11 Å². The lowest BCUT2D eigenvalue weighted by Crippen LogP contribution is -3.01. The molecule has 1 aromatic rings. The molecule has 8 heterocycles. The SMILES string of the molecule is O=C(O)c1cccc(C23B4B5B6B5B5[B]C57B(B2B64)B73)c1. The second-order valence-corrected chi connectivity index (χ2v) is 8.88. The van der Waals surface area contributed by atoms with Crippen LogP contribution in [0.3, 0.4) is 0 Å². The van der Waals surface area contributed by atoms with Gasteiger partial charge in [0.05, 0.1) is 18.7 Å². The van der Waals surface area contributed by atoms with E-state index in [9.17, 15) is 9.90 Å². The Morgan fingerprint density at radius 1 is 1.10 bits per heavy atom. The largest absolute Gasteiger partial charge is 0.478 e. The summed E-state index contributed by atoms with van der Waals surface area (Å²) in [7, 11) is 2.72. The summed E-state index contributed by atoms with van der Waals surface area (Å²) in [6, 6.07) is 7.99. The summed E-state index contributed by atoms with van der Waals surface area (Å²) in [4.78, 5) is 11.3. The summed E-state index contributed by atoms with van der Waals surface area (Å²) in [5, 5.41) is 10.4. The third kappa shape index (κ3) is 0.653. The van der Waals surface area contributed by atoms with Crippen LogP contribution >= 0.6 is 0 Å². The van der Waals surface area contributed by atoms with Crippen molar-refractivity contribution in [3.63, 3.8) is 0 Å². The van der Waals surface area contributed by atoms with Crippen molar-refractivity contribution in [1.82, 2.24) is 0 Å². The molecule has 2 nitrogen and oxygen atoms in total. The molecule has 8 aliphatic heterocycles. The number of aromatic carboxylic acids is 1. The van der Waals surface area contributed by atoms with Crippen LogP contribution in [-0.4, -0.2) is 76.4 Å². The summed E-state index contributed by atoms with van der Waals surface area (Å²) in [5.74, 6) is -0.774. The molecule has 1 spiro atoms. The van der Waals surface area contributed by atoms with Gasteiger partial charge in [-0.1, -0.05) is 17.7 Å². The first-order chi connectivity index (χ1) is 10.2. The topological polar surface area (TPSA) is 37.3 Å². The van der Waals surface area contributed by atoms with Gasteiger partial charge in [0.15, 0.2) is 0 Å². The standard InChI is InChI=1S/C9H5B10O2/c20-7(21)5-2-1-3-6(4-5)8-11-9-10-12(9)16-18-14(8)17(19(16)18)13(8)15(9)11/h1-4H,(H,20,21). The molecule has 2 bridgehead atoms. The Kier molecular flexibility index (Phi) is 1.15. The van der Waals surface area contributed by atoms with Gasteiger partial charge in [0.1, 0.15) is 0 Å². The minimum Gasteiger partial charge on any atom is -0.478 e. The van der Waals surface area contributed by atoms with Gasteiger partial charge in [-0.15, -0.1) is 5.11 Å². The number of hydrogen-bond acceptors (Lipinski definition) is 1. The third-order valence-corrected chi connectivity index (χ3v) is 9.21. The van der Waals surface area contributed by atoms with Crippen molar-refractivity contribution >= 4 is 71.3 Å². The van der Waals surface area contributed by atoms with E-state index >= 15 is 0 Å². The lowest BCUT2D eigenvalue weighted by atomic mass is 8.32. The van der Waals surface area contributed by atoms with Gasteiger partial charge in [-0.05, 0) is 12.1 Å². The maximum Gasteiger partial charge on any atom is 0.335 e. The van der Waals surface area contributed by atoms with Crippen LogP contribution in [0.2, 0.25) is 5.01 Å². The van der Waals surface area contributed by atoms with E-state index in [1.807, 2.05) is 12.1 Å². The number of rotatable bonds is 2. The van der Waals surface area contributed by atoms with E-state index in [0.29, 0.717) is 15.7 Å². The number of hydrogen-bond donors (Lipinski definition) is 1. The average Bonchev–Trinajstić information content (AvgIpc) is 3.35. The predicted molar refractivity (Wildman–Crippen MR) is 95.3 cm³/mol. The summed E-state index contributed by atoms with van der Waals surface area (Å²) in [6.07, 6.45) is 4.21. The predicted octanol–water partition coefficient (Wildman–Crippen LogP) is -2.45. The van der Waals surface area contributed by atoms with Gasteiger partial charge in [0, 0.05) is 52.2 Å². The second-order valence-electron chi connectivity index (χ2n) is 8.88. The van der Waals surface area contributed by atoms with Crippen molar-refractivity contribution in [2.75, 3.05) is 0 Å². The van der Waals surface area contributed by atoms with E-state index in [0.717, 1.165) is 58.1 Å². The minimum atomic E-state index is -0.774. The first kappa shape index (κ1) is 10.2. The Morgan fingerprint density at radius 2 is 2.00 bits per heavy atom. The molecule has 2 unspecified atom stereocenters. The first-order valence-electron chi connectivity index (χ1n) is 8.44. The van der Waals surface area contributed by atoms with E-state index in [1.165, 1.54) is 5.56 Å². The fourth-order valence-electron chi connectivity index (χ4n) is 9.08. The molecule has 0 aromatic heterocycles. The molecule has 8 fully saturated rings. The molecule has 21 heavy (non-hydrogen) atoms. The van der Waals surface area contributed by atoms with Gasteiger partial charge in [-0.25, -0.2) is 4.79 Å². The second kappa shape index (κ2) is 2.37. The van der Waals surface area contributed by atoms with E-state index < -0.39 is 5.97 Å². The van der Waals surface area contributed by atoms with E-state index in [-0.39, 0.29) is 0 Å². The fraction of sp³-hybridized carbons (Fsp3) is 0.222. The third-order valence-electron chi connectivity index (χ3n) is 9.21. The van der Waals surface area contributed by atoms with Crippen LogP contribution in [0, 0.1) is 0 Å². The van der Waals surface area contributed by atoms with Crippen molar-refractivity contribution in [2.24, 2.45) is 0 Å². The van der Waals surface area contributed by atoms with Gasteiger partial charge in [-0.3, -0.25) is 0 Å². The van der Waals surface area contributed by atoms with E-state index in [1.54, 1.807) is 6.07 Å². The minimum absolute atomic E-state index is 0.415. The molecule has 0 aliphatic carbocycles. The van der Waals surface area contributed by atoms with Crippen LogP contribution in [0.4, 0.5) is 0 Å². The normalized spacial score (nSPS) is 38.8. The Morgan fingerprint density at radius 3 is 2.86 bits per heavy atom. The summed E-state index contributed by atoms with van der Waals surface area (Å²) >= 11 is 0. The van der Waals surface area contributed by atoms with Crippen molar-refractivity contribution in [3.8, 4) is 0 Å². The van der Waals surface area contributed by atoms with E-state index in [4.69, 9.17) is 0 Å². The van der Waals surface area contributed by atoms with Crippen LogP contribution in [0.1, 0.15) is 15.9 Å². The molecule has 0 amide bonds. The van der Waals surface area contributed by atoms with Crippen LogP contribution in [0.15, 0.2) is 24.3 Å². The van der Waals surface area contributed by atoms with E-state index in [2.05, 4.69) is 13.2 Å². The number of carbonyl (C=O) groups is 1. The number of benzene rings is 1. The van der Waals surface area contributed by atoms with Crippen LogP contribution < -0.4 is 0 Å². The smallest absolute Gasteiger partial charge is 0.335 e. The lowest BCUT2D eigenvalue weighted by molar-refractivity contribution is 0.0697. The number of carboxylic acids is 1. The molecule has 12 heteroatoms. The average molecular weight is 253 g/mol. The lowest BCUT2D eigenvalue weighted by Gasteiger charge is -2.72. The zero-order valence-corrected chi connectivity index (χ0v) is 11.4. The van der Waals surface area contributed by atoms with Crippen molar-refractivity contribution in [1.29, 1.82) is 0 Å². The highest BCUT2D eigenvalue weighted by atomic mass is 16.4. The molecule has 1 N–H and O–H groups in total. The zero-order valence-electron chi connectivity index (χ0n) is 11.4. The fourth-order valence-corrected chi connectivity index (χ4v) is 9.08. The molecule has 83 valence electrons. The van der Waals surface area contributed by atoms with Gasteiger partial charge in [0.25, 0.3) is 0 Å². The Labute approximate surface area is 127 Å². The monoisotopic (exact) mass is 255 g/mol. The quantitative estimate of drug-likeness (QED) is 0.594. The molecule has 2 atom stereocenters. The molecule has 0 saturated carbocycles. The van der Waals surface area contributed by atoms with Crippen LogP contribution in [0.5, 0.6) is 0 Å². The van der Waals surface area contributed by atoms with Crippen molar-refractivity contribution in [2.45, 2.75) is 10.1 Å². The molecular formula is C9H5B10O2. The summed E-state index contributed by atoms with van der Waals surface area (Å²) < 4.78 is 0. The molecule has 8 saturated heterocycles. The Bertz CT molecular complexity index is 823.